The van der Waals surface area contributed by atoms with Crippen LogP contribution in [0, 0.1) is 11.3 Å². The zero-order valence-corrected chi connectivity index (χ0v) is 11.9. The molecule has 7 heteroatoms. The Balaban J connectivity index is 2.75. The summed E-state index contributed by atoms with van der Waals surface area (Å²) in [6.07, 6.45) is 0. The number of nitrogen functional groups attached to an aromatic ring is 1. The van der Waals surface area contributed by atoms with Crippen LogP contribution in [0.5, 0.6) is 0 Å². The largest absolute Gasteiger partial charge is 0.382 e. The minimum atomic E-state index is 0.209. The summed E-state index contributed by atoms with van der Waals surface area (Å²) in [6, 6.07) is 7.14. The summed E-state index contributed by atoms with van der Waals surface area (Å²) in [5.41, 5.74) is 6.71. The van der Waals surface area contributed by atoms with Gasteiger partial charge in [0.2, 0.25) is 0 Å². The molecule has 98 valence electrons. The highest BCUT2D eigenvalue weighted by Crippen LogP contribution is 2.33. The number of halogens is 2. The fraction of sp³-hybridized carbons (Fsp3) is 0.167. The van der Waals surface area contributed by atoms with Crippen molar-refractivity contribution in [3.05, 3.63) is 33.8 Å². The third-order valence-electron chi connectivity index (χ3n) is 2.59. The van der Waals surface area contributed by atoms with E-state index < -0.39 is 0 Å². The lowest BCUT2D eigenvalue weighted by molar-refractivity contribution is 0.875. The van der Waals surface area contributed by atoms with Crippen molar-refractivity contribution >= 4 is 34.8 Å². The van der Waals surface area contributed by atoms with Crippen LogP contribution in [0.1, 0.15) is 5.56 Å². The standard InChI is InChI=1S/C12H11Cl2N5/c1-18(2)12-7(6-15)11(16)19(17-12)10-8(13)4-3-5-9(10)14/h3-5H,16H2,1-2H3. The molecule has 0 atom stereocenters. The maximum absolute atomic E-state index is 9.17. The van der Waals surface area contributed by atoms with Gasteiger partial charge in [0, 0.05) is 14.1 Å². The van der Waals surface area contributed by atoms with Gasteiger partial charge in [-0.3, -0.25) is 0 Å². The predicted molar refractivity (Wildman–Crippen MR) is 77.0 cm³/mol. The molecule has 0 saturated carbocycles. The van der Waals surface area contributed by atoms with E-state index in [1.165, 1.54) is 4.68 Å². The van der Waals surface area contributed by atoms with Crippen LogP contribution in [-0.2, 0) is 0 Å². The lowest BCUT2D eigenvalue weighted by Gasteiger charge is -2.09. The highest BCUT2D eigenvalue weighted by molar-refractivity contribution is 6.37. The number of benzene rings is 1. The van der Waals surface area contributed by atoms with E-state index in [-0.39, 0.29) is 5.82 Å². The zero-order chi connectivity index (χ0) is 14.2. The van der Waals surface area contributed by atoms with Crippen LogP contribution < -0.4 is 10.6 Å². The van der Waals surface area contributed by atoms with Crippen LogP contribution >= 0.6 is 23.2 Å². The molecule has 0 aliphatic heterocycles. The number of hydrogen-bond acceptors (Lipinski definition) is 4. The van der Waals surface area contributed by atoms with Crippen molar-refractivity contribution in [1.29, 1.82) is 5.26 Å². The number of rotatable bonds is 2. The summed E-state index contributed by atoms with van der Waals surface area (Å²) in [5, 5.41) is 14.3. The predicted octanol–water partition coefficient (Wildman–Crippen LogP) is 2.70. The van der Waals surface area contributed by atoms with E-state index in [4.69, 9.17) is 28.9 Å². The molecule has 0 saturated heterocycles. The average Bonchev–Trinajstić information content (AvgIpc) is 2.67. The molecule has 2 rings (SSSR count). The molecular formula is C12H11Cl2N5. The van der Waals surface area contributed by atoms with Crippen molar-refractivity contribution in [2.75, 3.05) is 24.7 Å². The summed E-state index contributed by atoms with van der Waals surface area (Å²) in [5.74, 6) is 0.678. The molecule has 2 aromatic rings. The third kappa shape index (κ3) is 2.21. The Morgan fingerprint density at radius 2 is 1.89 bits per heavy atom. The SMILES string of the molecule is CN(C)c1nn(-c2c(Cl)cccc2Cl)c(N)c1C#N. The molecule has 0 spiro atoms. The van der Waals surface area contributed by atoms with Gasteiger partial charge in [-0.05, 0) is 12.1 Å². The zero-order valence-electron chi connectivity index (χ0n) is 10.4. The topological polar surface area (TPSA) is 70.9 Å². The van der Waals surface area contributed by atoms with Crippen molar-refractivity contribution in [2.45, 2.75) is 0 Å². The van der Waals surface area contributed by atoms with Crippen LogP contribution in [0.2, 0.25) is 10.0 Å². The van der Waals surface area contributed by atoms with Gasteiger partial charge in [-0.15, -0.1) is 5.10 Å². The van der Waals surface area contributed by atoms with Crippen LogP contribution in [0.15, 0.2) is 18.2 Å². The van der Waals surface area contributed by atoms with Gasteiger partial charge in [-0.25, -0.2) is 4.68 Å². The maximum atomic E-state index is 9.17. The number of para-hydroxylation sites is 1. The second-order valence-corrected chi connectivity index (χ2v) is 4.89. The smallest absolute Gasteiger partial charge is 0.170 e. The Bertz CT molecular complexity index is 649. The highest BCUT2D eigenvalue weighted by atomic mass is 35.5. The Labute approximate surface area is 120 Å². The summed E-state index contributed by atoms with van der Waals surface area (Å²) >= 11 is 12.2. The van der Waals surface area contributed by atoms with Crippen LogP contribution in [0.3, 0.4) is 0 Å². The molecule has 19 heavy (non-hydrogen) atoms. The molecule has 0 aliphatic rings. The number of anilines is 2. The van der Waals surface area contributed by atoms with Crippen molar-refractivity contribution in [2.24, 2.45) is 0 Å². The Kier molecular flexibility index (Phi) is 3.56. The van der Waals surface area contributed by atoms with Gasteiger partial charge >= 0.3 is 0 Å². The van der Waals surface area contributed by atoms with E-state index in [9.17, 15) is 5.26 Å². The van der Waals surface area contributed by atoms with Crippen molar-refractivity contribution in [1.82, 2.24) is 9.78 Å². The summed E-state index contributed by atoms with van der Waals surface area (Å²) in [7, 11) is 3.56. The Morgan fingerprint density at radius 1 is 1.32 bits per heavy atom. The fourth-order valence-electron chi connectivity index (χ4n) is 1.70. The number of nitriles is 1. The summed E-state index contributed by atoms with van der Waals surface area (Å²) < 4.78 is 1.39. The van der Waals surface area contributed by atoms with Gasteiger partial charge in [0.25, 0.3) is 0 Å². The number of nitrogens with zero attached hydrogens (tertiary/aromatic N) is 4. The van der Waals surface area contributed by atoms with Gasteiger partial charge in [-0.1, -0.05) is 29.3 Å². The molecule has 0 radical (unpaired) electrons. The molecule has 0 aliphatic carbocycles. The second kappa shape index (κ2) is 5.00. The normalized spacial score (nSPS) is 10.3. The first kappa shape index (κ1) is 13.5. The molecule has 0 unspecified atom stereocenters. The van der Waals surface area contributed by atoms with E-state index in [1.807, 2.05) is 6.07 Å². The first-order chi connectivity index (χ1) is 8.97. The molecule has 1 heterocycles. The van der Waals surface area contributed by atoms with Gasteiger partial charge in [0.15, 0.2) is 5.82 Å². The van der Waals surface area contributed by atoms with Crippen molar-refractivity contribution in [3.8, 4) is 11.8 Å². The maximum Gasteiger partial charge on any atom is 0.170 e. The molecule has 5 nitrogen and oxygen atoms in total. The molecule has 1 aromatic carbocycles. The second-order valence-electron chi connectivity index (χ2n) is 4.07. The van der Waals surface area contributed by atoms with Gasteiger partial charge in [-0.2, -0.15) is 5.26 Å². The quantitative estimate of drug-likeness (QED) is 0.925. The fourth-order valence-corrected chi connectivity index (χ4v) is 2.26. The van der Waals surface area contributed by atoms with E-state index in [0.29, 0.717) is 27.1 Å². The van der Waals surface area contributed by atoms with Crippen molar-refractivity contribution < 1.29 is 0 Å². The Hall–Kier alpha value is -1.90. The summed E-state index contributed by atoms with van der Waals surface area (Å²) in [6.45, 7) is 0. The molecule has 2 N–H and O–H groups in total. The number of aromatic nitrogens is 2. The summed E-state index contributed by atoms with van der Waals surface area (Å²) in [4.78, 5) is 1.70. The monoisotopic (exact) mass is 295 g/mol. The molecule has 1 aromatic heterocycles. The Morgan fingerprint density at radius 3 is 2.32 bits per heavy atom. The van der Waals surface area contributed by atoms with E-state index in [0.717, 1.165) is 0 Å². The van der Waals surface area contributed by atoms with Crippen LogP contribution in [-0.4, -0.2) is 23.9 Å². The lowest BCUT2D eigenvalue weighted by Crippen LogP contribution is -2.11. The molecule has 0 amide bonds. The van der Waals surface area contributed by atoms with Crippen molar-refractivity contribution in [3.63, 3.8) is 0 Å². The van der Waals surface area contributed by atoms with E-state index in [1.54, 1.807) is 37.2 Å². The first-order valence-corrected chi connectivity index (χ1v) is 6.13. The first-order valence-electron chi connectivity index (χ1n) is 5.37. The van der Waals surface area contributed by atoms with Crippen LogP contribution in [0.4, 0.5) is 11.6 Å². The molecular weight excluding hydrogens is 285 g/mol. The lowest BCUT2D eigenvalue weighted by atomic mass is 10.3. The minimum Gasteiger partial charge on any atom is -0.382 e. The van der Waals surface area contributed by atoms with Crippen LogP contribution in [0.25, 0.3) is 5.69 Å². The van der Waals surface area contributed by atoms with Gasteiger partial charge in [0.05, 0.1) is 10.0 Å². The third-order valence-corrected chi connectivity index (χ3v) is 3.20. The van der Waals surface area contributed by atoms with E-state index >= 15 is 0 Å². The van der Waals surface area contributed by atoms with Gasteiger partial charge in [0.1, 0.15) is 23.1 Å². The van der Waals surface area contributed by atoms with E-state index in [2.05, 4.69) is 5.10 Å². The number of nitrogens with two attached hydrogens (primary N) is 1. The van der Waals surface area contributed by atoms with Gasteiger partial charge < -0.3 is 10.6 Å². The number of hydrogen-bond donors (Lipinski definition) is 1. The highest BCUT2D eigenvalue weighted by Gasteiger charge is 2.20. The minimum absolute atomic E-state index is 0.209. The average molecular weight is 296 g/mol. The molecule has 0 fully saturated rings. The molecule has 0 bridgehead atoms.